The predicted octanol–water partition coefficient (Wildman–Crippen LogP) is 2.18. The van der Waals surface area contributed by atoms with Crippen LogP contribution < -0.4 is 0 Å². The monoisotopic (exact) mass is 175 g/mol. The summed E-state index contributed by atoms with van der Waals surface area (Å²) in [5, 5.41) is 9.14. The minimum absolute atomic E-state index is 0.172. The molecular weight excluding hydrogens is 161 g/mol. The second-order valence-corrected chi connectivity index (χ2v) is 3.03. The van der Waals surface area contributed by atoms with Crippen molar-refractivity contribution in [1.29, 1.82) is 0 Å². The van der Waals surface area contributed by atoms with E-state index in [1.54, 1.807) is 0 Å². The summed E-state index contributed by atoms with van der Waals surface area (Å²) >= 11 is 0. The predicted molar refractivity (Wildman–Crippen MR) is 54.3 cm³/mol. The van der Waals surface area contributed by atoms with Crippen molar-refractivity contribution in [2.45, 2.75) is 18.8 Å². The molecule has 1 aromatic rings. The first kappa shape index (κ1) is 9.83. The van der Waals surface area contributed by atoms with Gasteiger partial charge in [0.15, 0.2) is 0 Å². The highest BCUT2D eigenvalue weighted by molar-refractivity contribution is 5.19. The van der Waals surface area contributed by atoms with Crippen molar-refractivity contribution in [1.82, 2.24) is 0 Å². The lowest BCUT2D eigenvalue weighted by atomic mass is 9.95. The van der Waals surface area contributed by atoms with Gasteiger partial charge < -0.3 is 5.11 Å². The minimum atomic E-state index is 0.172. The second kappa shape index (κ2) is 5.40. The summed E-state index contributed by atoms with van der Waals surface area (Å²) in [7, 11) is 0. The van der Waals surface area contributed by atoms with E-state index in [9.17, 15) is 0 Å². The first-order valence-electron chi connectivity index (χ1n) is 4.47. The summed E-state index contributed by atoms with van der Waals surface area (Å²) < 4.78 is 0. The quantitative estimate of drug-likeness (QED) is 0.549. The van der Waals surface area contributed by atoms with E-state index in [4.69, 9.17) is 11.5 Å². The molecule has 0 saturated carbocycles. The van der Waals surface area contributed by atoms with Crippen molar-refractivity contribution >= 4 is 0 Å². The van der Waals surface area contributed by atoms with E-state index in [2.05, 4.69) is 5.92 Å². The third kappa shape index (κ3) is 2.93. The molecule has 0 saturated heterocycles. The SMILES string of the molecule is [13CH]#CCCC(CO)c1ccccc1. The average Bonchev–Trinajstić information content (AvgIpc) is 2.21. The van der Waals surface area contributed by atoms with Crippen LogP contribution in [0.4, 0.5) is 0 Å². The molecule has 0 fully saturated rings. The van der Waals surface area contributed by atoms with Crippen molar-refractivity contribution in [2.24, 2.45) is 0 Å². The van der Waals surface area contributed by atoms with Gasteiger partial charge in [0.25, 0.3) is 0 Å². The van der Waals surface area contributed by atoms with Crippen molar-refractivity contribution in [2.75, 3.05) is 6.61 Å². The Morgan fingerprint density at radius 2 is 2.00 bits per heavy atom. The van der Waals surface area contributed by atoms with Gasteiger partial charge in [-0.1, -0.05) is 30.3 Å². The van der Waals surface area contributed by atoms with Gasteiger partial charge in [0.1, 0.15) is 0 Å². The van der Waals surface area contributed by atoms with Crippen LogP contribution in [0, 0.1) is 12.3 Å². The first-order valence-corrected chi connectivity index (χ1v) is 4.47. The van der Waals surface area contributed by atoms with Gasteiger partial charge in [-0.2, -0.15) is 0 Å². The van der Waals surface area contributed by atoms with Gasteiger partial charge in [0, 0.05) is 18.9 Å². The largest absolute Gasteiger partial charge is 0.396 e. The van der Waals surface area contributed by atoms with Gasteiger partial charge in [-0.25, -0.2) is 0 Å². The second-order valence-electron chi connectivity index (χ2n) is 3.03. The maximum Gasteiger partial charge on any atom is 0.0500 e. The van der Waals surface area contributed by atoms with Gasteiger partial charge in [-0.3, -0.25) is 0 Å². The van der Waals surface area contributed by atoms with Crippen LogP contribution in [0.3, 0.4) is 0 Å². The Morgan fingerprint density at radius 3 is 2.54 bits per heavy atom. The van der Waals surface area contributed by atoms with Crippen LogP contribution in [-0.2, 0) is 0 Å². The molecule has 0 aromatic heterocycles. The topological polar surface area (TPSA) is 20.2 Å². The van der Waals surface area contributed by atoms with Crippen LogP contribution in [0.15, 0.2) is 30.3 Å². The summed E-state index contributed by atoms with van der Waals surface area (Å²) in [6.07, 6.45) is 6.76. The van der Waals surface area contributed by atoms with Gasteiger partial charge in [-0.05, 0) is 12.0 Å². The number of aliphatic hydroxyl groups excluding tert-OH is 1. The lowest BCUT2D eigenvalue weighted by molar-refractivity contribution is 0.260. The van der Waals surface area contributed by atoms with E-state index in [0.717, 1.165) is 12.8 Å². The van der Waals surface area contributed by atoms with Crippen LogP contribution in [-0.4, -0.2) is 11.7 Å². The molecule has 13 heavy (non-hydrogen) atoms. The molecule has 68 valence electrons. The Labute approximate surface area is 79.4 Å². The lowest BCUT2D eigenvalue weighted by Crippen LogP contribution is -2.03. The zero-order chi connectivity index (χ0) is 9.52. The Morgan fingerprint density at radius 1 is 1.31 bits per heavy atom. The Bertz CT molecular complexity index is 271. The van der Waals surface area contributed by atoms with Gasteiger partial charge in [-0.15, -0.1) is 12.3 Å². The molecule has 0 aliphatic heterocycles. The standard InChI is InChI=1S/C12H14O/c1-2-3-7-12(10-13)11-8-5-4-6-9-11/h1,4-6,8-9,12-13H,3,7,10H2/i1+1. The molecule has 1 atom stereocenters. The average molecular weight is 175 g/mol. The van der Waals surface area contributed by atoms with E-state index in [0.29, 0.717) is 0 Å². The van der Waals surface area contributed by atoms with Crippen LogP contribution in [0.2, 0.25) is 0 Å². The Hall–Kier alpha value is -1.26. The normalized spacial score (nSPS) is 12.0. The summed E-state index contributed by atoms with van der Waals surface area (Å²) in [6.45, 7) is 0.172. The number of hydrogen-bond donors (Lipinski definition) is 1. The molecule has 0 aliphatic rings. The van der Waals surface area contributed by atoms with E-state index < -0.39 is 0 Å². The van der Waals surface area contributed by atoms with Gasteiger partial charge in [0.05, 0.1) is 0 Å². The van der Waals surface area contributed by atoms with Crippen molar-refractivity contribution in [3.05, 3.63) is 35.9 Å². The number of rotatable bonds is 4. The van der Waals surface area contributed by atoms with Gasteiger partial charge in [0.2, 0.25) is 0 Å². The van der Waals surface area contributed by atoms with Crippen molar-refractivity contribution in [3.63, 3.8) is 0 Å². The Kier molecular flexibility index (Phi) is 4.08. The third-order valence-corrected chi connectivity index (χ3v) is 2.13. The maximum absolute atomic E-state index is 9.14. The molecule has 0 spiro atoms. The molecule has 0 heterocycles. The highest BCUT2D eigenvalue weighted by Crippen LogP contribution is 2.19. The number of terminal acetylenes is 1. The molecule has 1 N–H and O–H groups in total. The number of aliphatic hydroxyl groups is 1. The molecule has 1 unspecified atom stereocenters. The van der Waals surface area contributed by atoms with Crippen LogP contribution in [0.25, 0.3) is 0 Å². The fraction of sp³-hybridized carbons (Fsp3) is 0.333. The molecule has 0 radical (unpaired) electrons. The van der Waals surface area contributed by atoms with Crippen molar-refractivity contribution in [3.8, 4) is 12.3 Å². The summed E-state index contributed by atoms with van der Waals surface area (Å²) in [4.78, 5) is 0. The molecule has 1 nitrogen and oxygen atoms in total. The number of hydrogen-bond acceptors (Lipinski definition) is 1. The fourth-order valence-electron chi connectivity index (χ4n) is 1.35. The molecule has 0 amide bonds. The van der Waals surface area contributed by atoms with E-state index in [-0.39, 0.29) is 12.5 Å². The Balaban J connectivity index is 2.63. The van der Waals surface area contributed by atoms with E-state index in [1.165, 1.54) is 5.56 Å². The van der Waals surface area contributed by atoms with E-state index >= 15 is 0 Å². The number of benzene rings is 1. The van der Waals surface area contributed by atoms with Gasteiger partial charge >= 0.3 is 0 Å². The van der Waals surface area contributed by atoms with Crippen LogP contribution >= 0.6 is 0 Å². The zero-order valence-corrected chi connectivity index (χ0v) is 7.61. The van der Waals surface area contributed by atoms with Crippen molar-refractivity contribution < 1.29 is 5.11 Å². The van der Waals surface area contributed by atoms with E-state index in [1.807, 2.05) is 30.3 Å². The summed E-state index contributed by atoms with van der Waals surface area (Å²) in [5.41, 5.74) is 1.17. The molecule has 1 heteroatoms. The third-order valence-electron chi connectivity index (χ3n) is 2.13. The van der Waals surface area contributed by atoms with Crippen LogP contribution in [0.1, 0.15) is 24.3 Å². The summed E-state index contributed by atoms with van der Waals surface area (Å²) in [6, 6.07) is 9.98. The maximum atomic E-state index is 9.14. The lowest BCUT2D eigenvalue weighted by Gasteiger charge is -2.12. The highest BCUT2D eigenvalue weighted by atomic mass is 16.3. The molecule has 0 aliphatic carbocycles. The minimum Gasteiger partial charge on any atom is -0.396 e. The fourth-order valence-corrected chi connectivity index (χ4v) is 1.35. The zero-order valence-electron chi connectivity index (χ0n) is 7.61. The smallest absolute Gasteiger partial charge is 0.0500 e. The van der Waals surface area contributed by atoms with Crippen LogP contribution in [0.5, 0.6) is 0 Å². The molecule has 1 aromatic carbocycles. The molecular formula is C12H14O. The molecule has 1 rings (SSSR count). The summed E-state index contributed by atoms with van der Waals surface area (Å²) in [5.74, 6) is 2.78. The highest BCUT2D eigenvalue weighted by Gasteiger charge is 2.07. The first-order chi connectivity index (χ1) is 6.38. The molecule has 0 bridgehead atoms.